The first-order valence-electron chi connectivity index (χ1n) is 7.62. The second kappa shape index (κ2) is 5.63. The fourth-order valence-corrected chi connectivity index (χ4v) is 3.88. The van der Waals surface area contributed by atoms with Gasteiger partial charge in [0.2, 0.25) is 5.91 Å². The SMILES string of the molecule is Cc1ccc(CC(=O)Nc2nc3c(s2)Cc2ccccc2-3)cc1. The van der Waals surface area contributed by atoms with Crippen molar-refractivity contribution >= 4 is 22.4 Å². The molecule has 0 saturated heterocycles. The fraction of sp³-hybridized carbons (Fsp3) is 0.158. The number of anilines is 1. The highest BCUT2D eigenvalue weighted by Crippen LogP contribution is 2.40. The number of amides is 1. The summed E-state index contributed by atoms with van der Waals surface area (Å²) in [4.78, 5) is 18.0. The number of aryl methyl sites for hydroxylation is 1. The van der Waals surface area contributed by atoms with Crippen molar-refractivity contribution in [3.8, 4) is 11.3 Å². The molecule has 0 aliphatic heterocycles. The summed E-state index contributed by atoms with van der Waals surface area (Å²) in [6.45, 7) is 2.04. The van der Waals surface area contributed by atoms with E-state index in [-0.39, 0.29) is 5.91 Å². The third kappa shape index (κ3) is 2.78. The van der Waals surface area contributed by atoms with Gasteiger partial charge in [-0.05, 0) is 18.1 Å². The predicted molar refractivity (Wildman–Crippen MR) is 93.9 cm³/mol. The molecule has 4 rings (SSSR count). The van der Waals surface area contributed by atoms with Crippen LogP contribution in [0.5, 0.6) is 0 Å². The summed E-state index contributed by atoms with van der Waals surface area (Å²) < 4.78 is 0. The van der Waals surface area contributed by atoms with Gasteiger partial charge in [-0.2, -0.15) is 0 Å². The Morgan fingerprint density at radius 2 is 1.96 bits per heavy atom. The summed E-state index contributed by atoms with van der Waals surface area (Å²) >= 11 is 1.58. The van der Waals surface area contributed by atoms with E-state index in [1.807, 2.05) is 37.3 Å². The van der Waals surface area contributed by atoms with E-state index in [2.05, 4.69) is 28.5 Å². The molecule has 0 spiro atoms. The number of hydrogen-bond donors (Lipinski definition) is 1. The maximum absolute atomic E-state index is 12.2. The molecule has 114 valence electrons. The summed E-state index contributed by atoms with van der Waals surface area (Å²) in [6, 6.07) is 16.4. The highest BCUT2D eigenvalue weighted by molar-refractivity contribution is 7.16. The number of fused-ring (bicyclic) bond motifs is 3. The number of benzene rings is 2. The lowest BCUT2D eigenvalue weighted by molar-refractivity contribution is -0.115. The Bertz CT molecular complexity index is 881. The van der Waals surface area contributed by atoms with Crippen LogP contribution < -0.4 is 5.32 Å². The average molecular weight is 320 g/mol. The minimum Gasteiger partial charge on any atom is -0.302 e. The molecule has 1 aliphatic carbocycles. The monoisotopic (exact) mass is 320 g/mol. The van der Waals surface area contributed by atoms with Crippen molar-refractivity contribution in [1.82, 2.24) is 4.98 Å². The van der Waals surface area contributed by atoms with Crippen LogP contribution in [0.4, 0.5) is 5.13 Å². The third-order valence-electron chi connectivity index (χ3n) is 4.05. The van der Waals surface area contributed by atoms with Crippen molar-refractivity contribution in [2.45, 2.75) is 19.8 Å². The quantitative estimate of drug-likeness (QED) is 0.614. The molecule has 0 radical (unpaired) electrons. The molecule has 0 unspecified atom stereocenters. The molecule has 1 heterocycles. The van der Waals surface area contributed by atoms with Crippen molar-refractivity contribution in [3.63, 3.8) is 0 Å². The summed E-state index contributed by atoms with van der Waals surface area (Å²) in [5, 5.41) is 3.63. The first-order valence-corrected chi connectivity index (χ1v) is 8.44. The molecule has 0 atom stereocenters. The Morgan fingerprint density at radius 1 is 1.17 bits per heavy atom. The van der Waals surface area contributed by atoms with Crippen LogP contribution in [0.15, 0.2) is 48.5 Å². The molecule has 0 saturated carbocycles. The lowest BCUT2D eigenvalue weighted by Gasteiger charge is -2.03. The van der Waals surface area contributed by atoms with Gasteiger partial charge >= 0.3 is 0 Å². The van der Waals surface area contributed by atoms with Crippen molar-refractivity contribution in [2.24, 2.45) is 0 Å². The van der Waals surface area contributed by atoms with Gasteiger partial charge in [-0.1, -0.05) is 54.1 Å². The Balaban J connectivity index is 1.49. The molecular weight excluding hydrogens is 304 g/mol. The van der Waals surface area contributed by atoms with Crippen LogP contribution in [0.2, 0.25) is 0 Å². The first-order chi connectivity index (χ1) is 11.2. The van der Waals surface area contributed by atoms with Gasteiger partial charge in [0.25, 0.3) is 0 Å². The number of nitrogens with one attached hydrogen (secondary N) is 1. The van der Waals surface area contributed by atoms with Crippen LogP contribution in [-0.4, -0.2) is 10.9 Å². The molecule has 23 heavy (non-hydrogen) atoms. The normalized spacial score (nSPS) is 11.9. The van der Waals surface area contributed by atoms with Crippen LogP contribution in [0.25, 0.3) is 11.3 Å². The molecule has 3 nitrogen and oxygen atoms in total. The molecular formula is C19H16N2OS. The van der Waals surface area contributed by atoms with Crippen LogP contribution in [0.3, 0.4) is 0 Å². The third-order valence-corrected chi connectivity index (χ3v) is 5.02. The van der Waals surface area contributed by atoms with Crippen molar-refractivity contribution in [1.29, 1.82) is 0 Å². The van der Waals surface area contributed by atoms with Gasteiger partial charge in [-0.3, -0.25) is 4.79 Å². The molecule has 0 bridgehead atoms. The maximum atomic E-state index is 12.2. The molecule has 1 aromatic heterocycles. The van der Waals surface area contributed by atoms with Gasteiger partial charge in [0.1, 0.15) is 0 Å². The van der Waals surface area contributed by atoms with Gasteiger partial charge in [0, 0.05) is 16.9 Å². The minimum absolute atomic E-state index is 0.0189. The van der Waals surface area contributed by atoms with Gasteiger partial charge in [0.15, 0.2) is 5.13 Å². The predicted octanol–water partition coefficient (Wildman–Crippen LogP) is 4.20. The Labute approximate surface area is 139 Å². The zero-order chi connectivity index (χ0) is 15.8. The van der Waals surface area contributed by atoms with E-state index in [9.17, 15) is 4.79 Å². The number of rotatable bonds is 3. The van der Waals surface area contributed by atoms with E-state index in [1.165, 1.54) is 21.6 Å². The summed E-state index contributed by atoms with van der Waals surface area (Å²) in [5.74, 6) is -0.0189. The molecule has 4 heteroatoms. The van der Waals surface area contributed by atoms with Gasteiger partial charge < -0.3 is 5.32 Å². The number of carbonyl (C=O) groups excluding carboxylic acids is 1. The van der Waals surface area contributed by atoms with E-state index in [1.54, 1.807) is 11.3 Å². The molecule has 2 aromatic carbocycles. The number of aromatic nitrogens is 1. The van der Waals surface area contributed by atoms with Gasteiger partial charge in [-0.25, -0.2) is 4.98 Å². The van der Waals surface area contributed by atoms with Crippen LogP contribution >= 0.6 is 11.3 Å². The lowest BCUT2D eigenvalue weighted by atomic mass is 10.1. The average Bonchev–Trinajstić information content (AvgIpc) is 3.06. The Kier molecular flexibility index (Phi) is 3.46. The van der Waals surface area contributed by atoms with E-state index in [0.717, 1.165) is 17.7 Å². The largest absolute Gasteiger partial charge is 0.302 e. The molecule has 1 amide bonds. The number of hydrogen-bond acceptors (Lipinski definition) is 3. The molecule has 1 aliphatic rings. The van der Waals surface area contributed by atoms with Crippen molar-refractivity contribution in [2.75, 3.05) is 5.32 Å². The van der Waals surface area contributed by atoms with Gasteiger partial charge in [-0.15, -0.1) is 11.3 Å². The van der Waals surface area contributed by atoms with Crippen LogP contribution in [0, 0.1) is 6.92 Å². The standard InChI is InChI=1S/C19H16N2OS/c1-12-6-8-13(9-7-12)10-17(22)20-19-21-18-15-5-3-2-4-14(15)11-16(18)23-19/h2-9H,10-11H2,1H3,(H,20,21,22). The second-order valence-electron chi connectivity index (χ2n) is 5.84. The topological polar surface area (TPSA) is 42.0 Å². The summed E-state index contributed by atoms with van der Waals surface area (Å²) in [6.07, 6.45) is 1.29. The molecule has 3 aromatic rings. The highest BCUT2D eigenvalue weighted by Gasteiger charge is 2.23. The van der Waals surface area contributed by atoms with Crippen molar-refractivity contribution in [3.05, 3.63) is 70.1 Å². The smallest absolute Gasteiger partial charge is 0.230 e. The minimum atomic E-state index is -0.0189. The summed E-state index contributed by atoms with van der Waals surface area (Å²) in [5.41, 5.74) is 5.75. The zero-order valence-corrected chi connectivity index (χ0v) is 13.6. The van der Waals surface area contributed by atoms with Gasteiger partial charge in [0.05, 0.1) is 12.1 Å². The lowest BCUT2D eigenvalue weighted by Crippen LogP contribution is -2.14. The maximum Gasteiger partial charge on any atom is 0.230 e. The molecule has 1 N–H and O–H groups in total. The van der Waals surface area contributed by atoms with E-state index < -0.39 is 0 Å². The van der Waals surface area contributed by atoms with Crippen LogP contribution in [0.1, 0.15) is 21.6 Å². The van der Waals surface area contributed by atoms with E-state index in [4.69, 9.17) is 0 Å². The number of thiazole rings is 1. The molecule has 0 fully saturated rings. The Morgan fingerprint density at radius 3 is 2.78 bits per heavy atom. The number of nitrogens with zero attached hydrogens (tertiary/aromatic N) is 1. The second-order valence-corrected chi connectivity index (χ2v) is 6.92. The van der Waals surface area contributed by atoms with E-state index in [0.29, 0.717) is 11.6 Å². The zero-order valence-electron chi connectivity index (χ0n) is 12.8. The van der Waals surface area contributed by atoms with Crippen molar-refractivity contribution < 1.29 is 4.79 Å². The number of carbonyl (C=O) groups is 1. The van der Waals surface area contributed by atoms with Crippen LogP contribution in [-0.2, 0) is 17.6 Å². The first kappa shape index (κ1) is 14.2. The van der Waals surface area contributed by atoms with E-state index >= 15 is 0 Å². The summed E-state index contributed by atoms with van der Waals surface area (Å²) in [7, 11) is 0. The Hall–Kier alpha value is -2.46. The highest BCUT2D eigenvalue weighted by atomic mass is 32.1. The fourth-order valence-electron chi connectivity index (χ4n) is 2.87.